The highest BCUT2D eigenvalue weighted by Crippen LogP contribution is 2.43. The van der Waals surface area contributed by atoms with Crippen LogP contribution >= 0.6 is 0 Å². The highest BCUT2D eigenvalue weighted by molar-refractivity contribution is 5.98. The van der Waals surface area contributed by atoms with Gasteiger partial charge in [-0.05, 0) is 12.8 Å². The minimum absolute atomic E-state index is 0.0155. The summed E-state index contributed by atoms with van der Waals surface area (Å²) in [7, 11) is 0. The fourth-order valence-electron chi connectivity index (χ4n) is 2.98. The number of rotatable bonds is 0. The summed E-state index contributed by atoms with van der Waals surface area (Å²) in [4.78, 5) is 23.1. The molecule has 3 rings (SSSR count). The average Bonchev–Trinajstić information content (AvgIpc) is 2.56. The third-order valence-corrected chi connectivity index (χ3v) is 3.68. The number of allylic oxidation sites excluding steroid dienone is 1. The first-order chi connectivity index (χ1) is 7.25. The van der Waals surface area contributed by atoms with Crippen molar-refractivity contribution in [3.63, 3.8) is 0 Å². The van der Waals surface area contributed by atoms with Gasteiger partial charge in [0.15, 0.2) is 5.78 Å². The van der Waals surface area contributed by atoms with Gasteiger partial charge in [-0.1, -0.05) is 0 Å². The van der Waals surface area contributed by atoms with E-state index in [2.05, 4.69) is 0 Å². The summed E-state index contributed by atoms with van der Waals surface area (Å²) < 4.78 is 5.75. The lowest BCUT2D eigenvalue weighted by molar-refractivity contribution is -0.124. The molecule has 1 fully saturated rings. The quantitative estimate of drug-likeness (QED) is 0.606. The van der Waals surface area contributed by atoms with Crippen LogP contribution in [0, 0.1) is 5.92 Å². The zero-order valence-corrected chi connectivity index (χ0v) is 8.62. The second-order valence-electron chi connectivity index (χ2n) is 4.66. The molecular weight excluding hydrogens is 192 g/mol. The molecule has 3 aliphatic rings. The maximum atomic E-state index is 11.8. The Hall–Kier alpha value is -1.12. The molecule has 3 nitrogen and oxygen atoms in total. The Balaban J connectivity index is 1.91. The summed E-state index contributed by atoms with van der Waals surface area (Å²) in [6.45, 7) is 0. The second kappa shape index (κ2) is 3.19. The van der Waals surface area contributed by atoms with Crippen LogP contribution in [-0.2, 0) is 14.3 Å². The van der Waals surface area contributed by atoms with E-state index in [-0.39, 0.29) is 23.6 Å². The molecule has 0 radical (unpaired) electrons. The van der Waals surface area contributed by atoms with Gasteiger partial charge in [0.2, 0.25) is 0 Å². The van der Waals surface area contributed by atoms with Gasteiger partial charge < -0.3 is 4.74 Å². The number of ether oxygens (including phenoxy) is 1. The van der Waals surface area contributed by atoms with Crippen LogP contribution in [-0.4, -0.2) is 17.7 Å². The predicted molar refractivity (Wildman–Crippen MR) is 53.1 cm³/mol. The zero-order chi connectivity index (χ0) is 10.4. The van der Waals surface area contributed by atoms with Crippen LogP contribution in [0.5, 0.6) is 0 Å². The van der Waals surface area contributed by atoms with Crippen LogP contribution in [0.1, 0.15) is 38.5 Å². The minimum atomic E-state index is -0.0155. The summed E-state index contributed by atoms with van der Waals surface area (Å²) in [5, 5.41) is 0. The summed E-state index contributed by atoms with van der Waals surface area (Å²) >= 11 is 0. The number of Topliss-reactive ketones (excluding diaryl/α,β-unsaturated/α-hetero) is 2. The van der Waals surface area contributed by atoms with Crippen LogP contribution < -0.4 is 0 Å². The van der Waals surface area contributed by atoms with Crippen LogP contribution in [0.25, 0.3) is 0 Å². The van der Waals surface area contributed by atoms with Crippen molar-refractivity contribution in [1.29, 1.82) is 0 Å². The number of carbonyl (C=O) groups excluding carboxylic acids is 2. The molecule has 1 heterocycles. The van der Waals surface area contributed by atoms with Crippen LogP contribution in [0.2, 0.25) is 0 Å². The van der Waals surface area contributed by atoms with Crippen molar-refractivity contribution in [2.24, 2.45) is 5.92 Å². The first kappa shape index (κ1) is 9.13. The van der Waals surface area contributed by atoms with Crippen LogP contribution in [0.4, 0.5) is 0 Å². The van der Waals surface area contributed by atoms with Gasteiger partial charge in [0.05, 0.1) is 0 Å². The Morgan fingerprint density at radius 1 is 1.13 bits per heavy atom. The number of fused-ring (bicyclic) bond motifs is 2. The van der Waals surface area contributed by atoms with Gasteiger partial charge in [0, 0.05) is 37.2 Å². The van der Waals surface area contributed by atoms with E-state index >= 15 is 0 Å². The van der Waals surface area contributed by atoms with Crippen LogP contribution in [0.15, 0.2) is 11.3 Å². The molecule has 0 aromatic rings. The molecule has 2 atom stereocenters. The second-order valence-corrected chi connectivity index (χ2v) is 4.66. The van der Waals surface area contributed by atoms with E-state index in [1.165, 1.54) is 0 Å². The van der Waals surface area contributed by atoms with Gasteiger partial charge in [-0.2, -0.15) is 0 Å². The van der Waals surface area contributed by atoms with Gasteiger partial charge in [-0.15, -0.1) is 0 Å². The topological polar surface area (TPSA) is 43.4 Å². The summed E-state index contributed by atoms with van der Waals surface area (Å²) in [6, 6.07) is 0. The first-order valence-electron chi connectivity index (χ1n) is 5.70. The predicted octanol–water partition coefficient (Wildman–Crippen LogP) is 1.76. The fourth-order valence-corrected chi connectivity index (χ4v) is 2.98. The molecule has 0 spiro atoms. The van der Waals surface area contributed by atoms with Crippen molar-refractivity contribution in [2.45, 2.75) is 44.6 Å². The van der Waals surface area contributed by atoms with E-state index < -0.39 is 0 Å². The third-order valence-electron chi connectivity index (χ3n) is 3.68. The highest BCUT2D eigenvalue weighted by atomic mass is 16.5. The Bertz CT molecular complexity index is 367. The number of hydrogen-bond donors (Lipinski definition) is 0. The number of ketones is 2. The molecule has 0 amide bonds. The van der Waals surface area contributed by atoms with Crippen molar-refractivity contribution in [2.75, 3.05) is 0 Å². The zero-order valence-electron chi connectivity index (χ0n) is 8.62. The average molecular weight is 206 g/mol. The number of hydrogen-bond acceptors (Lipinski definition) is 3. The van der Waals surface area contributed by atoms with E-state index in [1.54, 1.807) is 0 Å². The van der Waals surface area contributed by atoms with Gasteiger partial charge in [0.1, 0.15) is 17.6 Å². The monoisotopic (exact) mass is 206 g/mol. The lowest BCUT2D eigenvalue weighted by atomic mass is 9.78. The SMILES string of the molecule is O=C1CC[C@H]2C3=C(CCCC3=O)O[C@H]2C1. The normalized spacial score (nSPS) is 34.9. The van der Waals surface area contributed by atoms with E-state index in [1.807, 2.05) is 0 Å². The highest BCUT2D eigenvalue weighted by Gasteiger charge is 2.43. The molecule has 0 bridgehead atoms. The van der Waals surface area contributed by atoms with Crippen molar-refractivity contribution in [3.8, 4) is 0 Å². The number of carbonyl (C=O) groups is 2. The fraction of sp³-hybridized carbons (Fsp3) is 0.667. The summed E-state index contributed by atoms with van der Waals surface area (Å²) in [5.41, 5.74) is 0.929. The Morgan fingerprint density at radius 2 is 2.00 bits per heavy atom. The van der Waals surface area contributed by atoms with Crippen molar-refractivity contribution in [1.82, 2.24) is 0 Å². The molecule has 3 heteroatoms. The van der Waals surface area contributed by atoms with Crippen molar-refractivity contribution >= 4 is 11.6 Å². The maximum Gasteiger partial charge on any atom is 0.162 e. The molecule has 2 aliphatic carbocycles. The standard InChI is InChI=1S/C12H14O3/c13-7-4-5-8-11(6-7)15-10-3-1-2-9(14)12(8)10/h8,11H,1-6H2/t8-,11+/m1/s1. The van der Waals surface area contributed by atoms with Crippen LogP contribution in [0.3, 0.4) is 0 Å². The van der Waals surface area contributed by atoms with Gasteiger partial charge in [0.25, 0.3) is 0 Å². The first-order valence-corrected chi connectivity index (χ1v) is 5.70. The van der Waals surface area contributed by atoms with E-state index in [0.29, 0.717) is 19.3 Å². The molecule has 1 aliphatic heterocycles. The third kappa shape index (κ3) is 1.33. The van der Waals surface area contributed by atoms with E-state index in [9.17, 15) is 9.59 Å². The molecule has 0 unspecified atom stereocenters. The van der Waals surface area contributed by atoms with Gasteiger partial charge >= 0.3 is 0 Å². The largest absolute Gasteiger partial charge is 0.493 e. The molecule has 0 aromatic carbocycles. The Kier molecular flexibility index (Phi) is 1.94. The molecule has 1 saturated carbocycles. The van der Waals surface area contributed by atoms with E-state index in [0.717, 1.165) is 30.6 Å². The molecular formula is C12H14O3. The molecule has 80 valence electrons. The van der Waals surface area contributed by atoms with Gasteiger partial charge in [-0.3, -0.25) is 9.59 Å². The lowest BCUT2D eigenvalue weighted by Gasteiger charge is -2.24. The maximum absolute atomic E-state index is 11.8. The Morgan fingerprint density at radius 3 is 2.87 bits per heavy atom. The molecule has 0 aromatic heterocycles. The van der Waals surface area contributed by atoms with Crippen molar-refractivity contribution < 1.29 is 14.3 Å². The molecule has 0 saturated heterocycles. The summed E-state index contributed by atoms with van der Waals surface area (Å²) in [5.74, 6) is 1.67. The Labute approximate surface area is 88.5 Å². The smallest absolute Gasteiger partial charge is 0.162 e. The molecule has 15 heavy (non-hydrogen) atoms. The molecule has 0 N–H and O–H groups in total. The lowest BCUT2D eigenvalue weighted by Crippen LogP contribution is -2.29. The van der Waals surface area contributed by atoms with Gasteiger partial charge in [-0.25, -0.2) is 0 Å². The minimum Gasteiger partial charge on any atom is -0.493 e. The van der Waals surface area contributed by atoms with Crippen molar-refractivity contribution in [3.05, 3.63) is 11.3 Å². The summed E-state index contributed by atoms with van der Waals surface area (Å²) in [6.07, 6.45) is 4.39. The van der Waals surface area contributed by atoms with E-state index in [4.69, 9.17) is 4.74 Å².